The molecule has 0 unspecified atom stereocenters. The van der Waals surface area contributed by atoms with Gasteiger partial charge in [-0.1, -0.05) is 0 Å². The average Bonchev–Trinajstić information content (AvgIpc) is 0.811. The molecule has 0 rings (SSSR count). The van der Waals surface area contributed by atoms with E-state index in [1.165, 1.54) is 0 Å². The molecule has 8 heteroatoms. The standard InChI is InChI=1S/CH2O3.2ClH.2K.Na.2H/c2-1(3)4;;;;;;;/h(H2,2,3,4);2*1H;;;;;/q;;;3*+1;2*-1/p-1. The van der Waals surface area contributed by atoms with Gasteiger partial charge in [-0.3, -0.25) is 0 Å². The van der Waals surface area contributed by atoms with E-state index in [4.69, 9.17) is 15.0 Å². The Bertz CT molecular complexity index is 50.3. The van der Waals surface area contributed by atoms with Crippen LogP contribution in [0, 0.1) is 0 Å². The second kappa shape index (κ2) is 29.6. The predicted octanol–water partition coefficient (Wildman–Crippen LogP) is -11.1. The van der Waals surface area contributed by atoms with Gasteiger partial charge < -0.3 is 25.5 Å². The van der Waals surface area contributed by atoms with Gasteiger partial charge >= 0.3 is 138 Å². The van der Waals surface area contributed by atoms with Crippen molar-refractivity contribution in [1.82, 2.24) is 0 Å². The van der Waals surface area contributed by atoms with Crippen LogP contribution < -0.4 is 145 Å². The molecule has 9 heavy (non-hydrogen) atoms. The van der Waals surface area contributed by atoms with Crippen molar-refractivity contribution in [2.75, 3.05) is 0 Å². The van der Waals surface area contributed by atoms with Crippen LogP contribution >= 0.6 is 12.4 Å². The quantitative estimate of drug-likeness (QED) is 0.411. The van der Waals surface area contributed by atoms with Gasteiger partial charge in [0.05, 0.1) is 0 Å². The van der Waals surface area contributed by atoms with Crippen molar-refractivity contribution >= 4 is 18.6 Å². The van der Waals surface area contributed by atoms with E-state index in [9.17, 15) is 0 Å². The Balaban J connectivity index is -0.00000000214. The monoisotopic (exact) mass is 236 g/mol. The molecule has 0 aromatic rings. The number of carboxylic acid groups (broad SMARTS) is 2. The Morgan fingerprint density at radius 3 is 1.22 bits per heavy atom. The number of rotatable bonds is 0. The summed E-state index contributed by atoms with van der Waals surface area (Å²) in [6.45, 7) is 0. The predicted molar refractivity (Wildman–Crippen MR) is 20.1 cm³/mol. The fourth-order valence-corrected chi connectivity index (χ4v) is 0. The van der Waals surface area contributed by atoms with Crippen LogP contribution in [0.1, 0.15) is 2.85 Å². The molecule has 0 bridgehead atoms. The van der Waals surface area contributed by atoms with Crippen molar-refractivity contribution in [3.05, 3.63) is 0 Å². The molecule has 0 radical (unpaired) electrons. The normalized spacial score (nSPS) is 2.67. The van der Waals surface area contributed by atoms with Gasteiger partial charge in [0.25, 0.3) is 0 Å². The Morgan fingerprint density at radius 2 is 1.22 bits per heavy atom. The molecular formula is CH5Cl2K2NaO3. The van der Waals surface area contributed by atoms with Gasteiger partial charge in [0, 0.05) is 0 Å². The van der Waals surface area contributed by atoms with Gasteiger partial charge in [-0.15, -0.1) is 12.4 Å². The van der Waals surface area contributed by atoms with Crippen LogP contribution in [0.2, 0.25) is 0 Å². The number of hydrogen-bond donors (Lipinski definition) is 2. The van der Waals surface area contributed by atoms with Gasteiger partial charge in [-0.05, 0) is 0 Å². The second-order valence-corrected chi connectivity index (χ2v) is 0.283. The topological polar surface area (TPSA) is 57.5 Å². The van der Waals surface area contributed by atoms with Gasteiger partial charge in [0.15, 0.2) is 0 Å². The molecule has 0 amide bonds. The maximum absolute atomic E-state index is 8.56. The van der Waals surface area contributed by atoms with Crippen LogP contribution in [-0.4, -0.2) is 16.4 Å². The van der Waals surface area contributed by atoms with E-state index < -0.39 is 6.16 Å². The van der Waals surface area contributed by atoms with Crippen molar-refractivity contribution < 1.29 is 163 Å². The number of halogens is 2. The van der Waals surface area contributed by atoms with E-state index in [0.29, 0.717) is 0 Å². The minimum Gasteiger partial charge on any atom is -1.00 e. The summed E-state index contributed by atoms with van der Waals surface area (Å²) in [5.41, 5.74) is 0. The largest absolute Gasteiger partial charge is 1.00 e. The zero-order chi connectivity index (χ0) is 3.58. The van der Waals surface area contributed by atoms with E-state index >= 15 is 0 Å². The molecule has 0 heterocycles. The third kappa shape index (κ3) is 73.1. The first-order valence-corrected chi connectivity index (χ1v) is 0.651. The first-order chi connectivity index (χ1) is 1.73. The Morgan fingerprint density at radius 1 is 1.22 bits per heavy atom. The minimum absolute atomic E-state index is 0. The number of hydrogen-bond acceptors (Lipinski definition) is 1. The van der Waals surface area contributed by atoms with Gasteiger partial charge in [-0.2, -0.15) is 0 Å². The third-order valence-corrected chi connectivity index (χ3v) is 0. The third-order valence-electron chi connectivity index (χ3n) is 0. The molecule has 0 saturated carbocycles. The SMILES string of the molecule is Cl.O=C(O)O.[Cl-].[H-].[H-].[K+].[K+].[Na+]. The van der Waals surface area contributed by atoms with Crippen molar-refractivity contribution in [1.29, 1.82) is 0 Å². The molecule has 0 aliphatic rings. The van der Waals surface area contributed by atoms with Crippen molar-refractivity contribution in [2.24, 2.45) is 0 Å². The first kappa shape index (κ1) is 38.0. The summed E-state index contributed by atoms with van der Waals surface area (Å²) >= 11 is 0. The molecule has 3 nitrogen and oxygen atoms in total. The van der Waals surface area contributed by atoms with E-state index in [1.807, 2.05) is 0 Å². The minimum atomic E-state index is -1.83. The summed E-state index contributed by atoms with van der Waals surface area (Å²) in [6.07, 6.45) is -1.83. The zero-order valence-corrected chi connectivity index (χ0v) is 15.4. The zero-order valence-electron chi connectivity index (χ0n) is 7.59. The van der Waals surface area contributed by atoms with Crippen LogP contribution in [-0.2, 0) is 0 Å². The Labute approximate surface area is 176 Å². The molecule has 2 N–H and O–H groups in total. The molecule has 0 aromatic heterocycles. The summed E-state index contributed by atoms with van der Waals surface area (Å²) in [4.78, 5) is 8.56. The van der Waals surface area contributed by atoms with E-state index in [-0.39, 0.29) is 160 Å². The molecule has 0 fully saturated rings. The molecule has 0 atom stereocenters. The van der Waals surface area contributed by atoms with Crippen LogP contribution in [0.3, 0.4) is 0 Å². The van der Waals surface area contributed by atoms with Crippen LogP contribution in [0.15, 0.2) is 0 Å². The smallest absolute Gasteiger partial charge is 1.00 e. The second-order valence-electron chi connectivity index (χ2n) is 0.283. The fourth-order valence-electron chi connectivity index (χ4n) is 0. The molecule has 44 valence electrons. The summed E-state index contributed by atoms with van der Waals surface area (Å²) in [6, 6.07) is 0. The Hall–Kier alpha value is 4.12. The Kier molecular flexibility index (Phi) is 125. The maximum Gasteiger partial charge on any atom is 1.00 e. The van der Waals surface area contributed by atoms with E-state index in [2.05, 4.69) is 0 Å². The summed E-state index contributed by atoms with van der Waals surface area (Å²) < 4.78 is 0. The fraction of sp³-hybridized carbons (Fsp3) is 0. The van der Waals surface area contributed by atoms with Crippen LogP contribution in [0.25, 0.3) is 0 Å². The van der Waals surface area contributed by atoms with E-state index in [0.717, 1.165) is 0 Å². The molecule has 0 saturated heterocycles. The van der Waals surface area contributed by atoms with Gasteiger partial charge in [-0.25, -0.2) is 4.79 Å². The molecule has 0 spiro atoms. The van der Waals surface area contributed by atoms with Gasteiger partial charge in [0.1, 0.15) is 0 Å². The summed E-state index contributed by atoms with van der Waals surface area (Å²) in [7, 11) is 0. The molecular weight excluding hydrogens is 232 g/mol. The van der Waals surface area contributed by atoms with E-state index in [1.54, 1.807) is 0 Å². The van der Waals surface area contributed by atoms with Gasteiger partial charge in [0.2, 0.25) is 0 Å². The first-order valence-electron chi connectivity index (χ1n) is 0.651. The average molecular weight is 237 g/mol. The molecule has 0 aromatic carbocycles. The van der Waals surface area contributed by atoms with Crippen molar-refractivity contribution in [3.8, 4) is 0 Å². The summed E-state index contributed by atoms with van der Waals surface area (Å²) in [5, 5.41) is 13.9. The van der Waals surface area contributed by atoms with Crippen LogP contribution in [0.5, 0.6) is 0 Å². The van der Waals surface area contributed by atoms with Crippen LogP contribution in [0.4, 0.5) is 4.79 Å². The molecule has 0 aliphatic heterocycles. The number of carbonyl (C=O) groups is 1. The molecule has 0 aliphatic carbocycles. The van der Waals surface area contributed by atoms with Crippen molar-refractivity contribution in [2.45, 2.75) is 0 Å². The maximum atomic E-state index is 8.56. The summed E-state index contributed by atoms with van der Waals surface area (Å²) in [5.74, 6) is 0. The van der Waals surface area contributed by atoms with Crippen molar-refractivity contribution in [3.63, 3.8) is 0 Å².